The van der Waals surface area contributed by atoms with Crippen LogP contribution in [0.15, 0.2) is 22.7 Å². The average Bonchev–Trinajstić information content (AvgIpc) is 2.26. The van der Waals surface area contributed by atoms with Gasteiger partial charge in [-0.2, -0.15) is 0 Å². The standard InChI is InChI=1S/C12H18BrNO2/c1-9(2)16-7-6-14-10-4-5-11(13)12(8-10)15-3/h4-5,8-9,14H,6-7H2,1-3H3. The third kappa shape index (κ3) is 4.41. The van der Waals surface area contributed by atoms with Crippen LogP contribution in [0.1, 0.15) is 13.8 Å². The molecule has 0 aromatic heterocycles. The summed E-state index contributed by atoms with van der Waals surface area (Å²) in [6.45, 7) is 5.56. The molecule has 0 fully saturated rings. The van der Waals surface area contributed by atoms with Crippen LogP contribution in [-0.4, -0.2) is 26.4 Å². The molecular formula is C12H18BrNO2. The number of halogens is 1. The first-order valence-electron chi connectivity index (χ1n) is 5.32. The molecule has 0 radical (unpaired) electrons. The number of benzene rings is 1. The maximum Gasteiger partial charge on any atom is 0.135 e. The Hall–Kier alpha value is -0.740. The summed E-state index contributed by atoms with van der Waals surface area (Å²) in [6, 6.07) is 5.92. The molecule has 0 aliphatic heterocycles. The van der Waals surface area contributed by atoms with Crippen molar-refractivity contribution < 1.29 is 9.47 Å². The Morgan fingerprint density at radius 2 is 2.12 bits per heavy atom. The van der Waals surface area contributed by atoms with Crippen LogP contribution in [0.25, 0.3) is 0 Å². The van der Waals surface area contributed by atoms with Crippen LogP contribution < -0.4 is 10.1 Å². The van der Waals surface area contributed by atoms with E-state index in [0.29, 0.717) is 6.61 Å². The molecule has 90 valence electrons. The van der Waals surface area contributed by atoms with Crippen LogP contribution in [0, 0.1) is 0 Å². The van der Waals surface area contributed by atoms with Gasteiger partial charge in [-0.05, 0) is 41.9 Å². The largest absolute Gasteiger partial charge is 0.495 e. The first kappa shape index (κ1) is 13.3. The molecule has 3 nitrogen and oxygen atoms in total. The highest BCUT2D eigenvalue weighted by Gasteiger charge is 2.01. The molecule has 0 atom stereocenters. The van der Waals surface area contributed by atoms with E-state index in [-0.39, 0.29) is 6.10 Å². The predicted molar refractivity (Wildman–Crippen MR) is 70.3 cm³/mol. The van der Waals surface area contributed by atoms with Gasteiger partial charge in [0, 0.05) is 18.3 Å². The zero-order chi connectivity index (χ0) is 12.0. The number of hydrogen-bond donors (Lipinski definition) is 1. The Balaban J connectivity index is 2.42. The number of methoxy groups -OCH3 is 1. The molecule has 16 heavy (non-hydrogen) atoms. The maximum atomic E-state index is 5.44. The van der Waals surface area contributed by atoms with E-state index in [1.165, 1.54) is 0 Å². The molecule has 0 bridgehead atoms. The highest BCUT2D eigenvalue weighted by atomic mass is 79.9. The van der Waals surface area contributed by atoms with Gasteiger partial charge in [-0.1, -0.05) is 0 Å². The molecule has 1 N–H and O–H groups in total. The van der Waals surface area contributed by atoms with Crippen LogP contribution in [0.5, 0.6) is 5.75 Å². The van der Waals surface area contributed by atoms with Gasteiger partial charge >= 0.3 is 0 Å². The van der Waals surface area contributed by atoms with Crippen molar-refractivity contribution in [1.29, 1.82) is 0 Å². The Bertz CT molecular complexity index is 329. The Labute approximate surface area is 105 Å². The number of hydrogen-bond acceptors (Lipinski definition) is 3. The molecule has 1 rings (SSSR count). The molecule has 0 spiro atoms. The van der Waals surface area contributed by atoms with Gasteiger partial charge < -0.3 is 14.8 Å². The van der Waals surface area contributed by atoms with E-state index in [4.69, 9.17) is 9.47 Å². The molecule has 0 aliphatic rings. The molecule has 0 saturated carbocycles. The minimum Gasteiger partial charge on any atom is -0.495 e. The van der Waals surface area contributed by atoms with Gasteiger partial charge in [0.15, 0.2) is 0 Å². The number of nitrogens with one attached hydrogen (secondary N) is 1. The SMILES string of the molecule is COc1cc(NCCOC(C)C)ccc1Br. The molecule has 1 aromatic rings. The maximum absolute atomic E-state index is 5.44. The summed E-state index contributed by atoms with van der Waals surface area (Å²) in [5.41, 5.74) is 1.03. The van der Waals surface area contributed by atoms with Crippen molar-refractivity contribution in [2.24, 2.45) is 0 Å². The third-order valence-corrected chi connectivity index (χ3v) is 2.69. The molecule has 0 aliphatic carbocycles. The quantitative estimate of drug-likeness (QED) is 0.815. The molecule has 1 aromatic carbocycles. The van der Waals surface area contributed by atoms with Gasteiger partial charge in [-0.25, -0.2) is 0 Å². The fourth-order valence-corrected chi connectivity index (χ4v) is 1.67. The molecule has 4 heteroatoms. The van der Waals surface area contributed by atoms with Crippen molar-refractivity contribution in [3.63, 3.8) is 0 Å². The topological polar surface area (TPSA) is 30.5 Å². The summed E-state index contributed by atoms with van der Waals surface area (Å²) in [6.07, 6.45) is 0.279. The van der Waals surface area contributed by atoms with Crippen molar-refractivity contribution in [1.82, 2.24) is 0 Å². The first-order valence-corrected chi connectivity index (χ1v) is 6.12. The Morgan fingerprint density at radius 3 is 2.75 bits per heavy atom. The fourth-order valence-electron chi connectivity index (χ4n) is 1.26. The second-order valence-corrected chi connectivity index (χ2v) is 4.55. The average molecular weight is 288 g/mol. The van der Waals surface area contributed by atoms with Gasteiger partial charge in [0.05, 0.1) is 24.3 Å². The zero-order valence-electron chi connectivity index (χ0n) is 9.92. The molecule has 0 unspecified atom stereocenters. The van der Waals surface area contributed by atoms with E-state index < -0.39 is 0 Å². The van der Waals surface area contributed by atoms with Crippen LogP contribution in [0.4, 0.5) is 5.69 Å². The lowest BCUT2D eigenvalue weighted by Crippen LogP contribution is -2.13. The molecule has 0 amide bonds. The van der Waals surface area contributed by atoms with Crippen LogP contribution >= 0.6 is 15.9 Å². The lowest BCUT2D eigenvalue weighted by molar-refractivity contribution is 0.0870. The van der Waals surface area contributed by atoms with Crippen molar-refractivity contribution in [3.05, 3.63) is 22.7 Å². The fraction of sp³-hybridized carbons (Fsp3) is 0.500. The van der Waals surface area contributed by atoms with E-state index in [0.717, 1.165) is 22.5 Å². The zero-order valence-corrected chi connectivity index (χ0v) is 11.5. The summed E-state index contributed by atoms with van der Waals surface area (Å²) >= 11 is 3.41. The highest BCUT2D eigenvalue weighted by molar-refractivity contribution is 9.10. The van der Waals surface area contributed by atoms with Gasteiger partial charge in [-0.15, -0.1) is 0 Å². The summed E-state index contributed by atoms with van der Waals surface area (Å²) in [4.78, 5) is 0. The Morgan fingerprint density at radius 1 is 1.38 bits per heavy atom. The number of rotatable bonds is 6. The molecule has 0 heterocycles. The normalized spacial score (nSPS) is 10.6. The summed E-state index contributed by atoms with van der Waals surface area (Å²) in [7, 11) is 1.66. The number of anilines is 1. The van der Waals surface area contributed by atoms with Crippen molar-refractivity contribution in [3.8, 4) is 5.75 Å². The van der Waals surface area contributed by atoms with Gasteiger partial charge in [-0.3, -0.25) is 0 Å². The minimum atomic E-state index is 0.279. The van der Waals surface area contributed by atoms with Crippen LogP contribution in [0.3, 0.4) is 0 Å². The van der Waals surface area contributed by atoms with E-state index in [2.05, 4.69) is 21.2 Å². The van der Waals surface area contributed by atoms with Crippen LogP contribution in [-0.2, 0) is 4.74 Å². The Kier molecular flexibility index (Phi) is 5.63. The van der Waals surface area contributed by atoms with E-state index in [9.17, 15) is 0 Å². The van der Waals surface area contributed by atoms with Gasteiger partial charge in [0.2, 0.25) is 0 Å². The van der Waals surface area contributed by atoms with E-state index >= 15 is 0 Å². The lowest BCUT2D eigenvalue weighted by atomic mass is 10.3. The van der Waals surface area contributed by atoms with Crippen molar-refractivity contribution in [2.75, 3.05) is 25.6 Å². The number of ether oxygens (including phenoxy) is 2. The highest BCUT2D eigenvalue weighted by Crippen LogP contribution is 2.27. The van der Waals surface area contributed by atoms with E-state index in [1.807, 2.05) is 32.0 Å². The monoisotopic (exact) mass is 287 g/mol. The summed E-state index contributed by atoms with van der Waals surface area (Å²) < 4.78 is 11.6. The lowest BCUT2D eigenvalue weighted by Gasteiger charge is -2.11. The van der Waals surface area contributed by atoms with Crippen molar-refractivity contribution in [2.45, 2.75) is 20.0 Å². The van der Waals surface area contributed by atoms with Gasteiger partial charge in [0.1, 0.15) is 5.75 Å². The second-order valence-electron chi connectivity index (χ2n) is 3.70. The van der Waals surface area contributed by atoms with Crippen LogP contribution in [0.2, 0.25) is 0 Å². The minimum absolute atomic E-state index is 0.279. The summed E-state index contributed by atoms with van der Waals surface area (Å²) in [5.74, 6) is 0.828. The first-order chi connectivity index (χ1) is 7.63. The smallest absolute Gasteiger partial charge is 0.135 e. The molecular weight excluding hydrogens is 270 g/mol. The predicted octanol–water partition coefficient (Wildman–Crippen LogP) is 3.29. The summed E-state index contributed by atoms with van der Waals surface area (Å²) in [5, 5.41) is 3.28. The van der Waals surface area contributed by atoms with Crippen molar-refractivity contribution >= 4 is 21.6 Å². The van der Waals surface area contributed by atoms with E-state index in [1.54, 1.807) is 7.11 Å². The molecule has 0 saturated heterocycles. The van der Waals surface area contributed by atoms with Gasteiger partial charge in [0.25, 0.3) is 0 Å². The second kappa shape index (κ2) is 6.76. The third-order valence-electron chi connectivity index (χ3n) is 2.03.